The number of anilines is 1. The number of carbonyl (C=O) groups excluding carboxylic acids is 1. The lowest BCUT2D eigenvalue weighted by Gasteiger charge is -2.25. The second kappa shape index (κ2) is 10.1. The lowest BCUT2D eigenvalue weighted by atomic mass is 10.0. The summed E-state index contributed by atoms with van der Waals surface area (Å²) in [6.07, 6.45) is 2.06. The number of nitrogens with zero attached hydrogens (tertiary/aromatic N) is 4. The zero-order valence-corrected chi connectivity index (χ0v) is 19.4. The quantitative estimate of drug-likeness (QED) is 0.572. The normalized spacial score (nSPS) is 16.1. The van der Waals surface area contributed by atoms with Gasteiger partial charge in [0, 0.05) is 33.6 Å². The van der Waals surface area contributed by atoms with Crippen molar-refractivity contribution in [2.75, 3.05) is 26.0 Å². The summed E-state index contributed by atoms with van der Waals surface area (Å²) in [6, 6.07) is 17.0. The van der Waals surface area contributed by atoms with Crippen molar-refractivity contribution in [2.24, 2.45) is 0 Å². The molecule has 0 bridgehead atoms. The van der Waals surface area contributed by atoms with E-state index < -0.39 is 0 Å². The maximum absolute atomic E-state index is 13.7. The number of aromatic nitrogens is 2. The minimum absolute atomic E-state index is 0.00171. The van der Waals surface area contributed by atoms with Gasteiger partial charge in [0.25, 0.3) is 0 Å². The van der Waals surface area contributed by atoms with Crippen molar-refractivity contribution in [3.63, 3.8) is 0 Å². The van der Waals surface area contributed by atoms with Crippen LogP contribution in [-0.4, -0.2) is 46.3 Å². The number of nitrogens with one attached hydrogen (secondary N) is 1. The van der Waals surface area contributed by atoms with E-state index in [2.05, 4.69) is 22.3 Å². The SMILES string of the molecule is CNc1cc(CN(C)C(C)=O)nc(C2CCCN2Cc2cccc(-c3cccc(F)c3)c2)n1. The Bertz CT molecular complexity index is 1140. The molecule has 0 spiro atoms. The van der Waals surface area contributed by atoms with Gasteiger partial charge < -0.3 is 10.2 Å². The molecule has 1 fully saturated rings. The smallest absolute Gasteiger partial charge is 0.219 e. The van der Waals surface area contributed by atoms with E-state index in [0.29, 0.717) is 6.54 Å². The molecule has 1 aliphatic rings. The Kier molecular flexibility index (Phi) is 6.99. The van der Waals surface area contributed by atoms with Gasteiger partial charge >= 0.3 is 0 Å². The molecule has 1 aliphatic heterocycles. The molecule has 0 saturated carbocycles. The lowest BCUT2D eigenvalue weighted by Crippen LogP contribution is -2.27. The van der Waals surface area contributed by atoms with E-state index in [-0.39, 0.29) is 17.8 Å². The minimum Gasteiger partial charge on any atom is -0.373 e. The van der Waals surface area contributed by atoms with E-state index >= 15 is 0 Å². The molecule has 2 aromatic carbocycles. The molecule has 1 aromatic heterocycles. The number of carbonyl (C=O) groups is 1. The molecule has 33 heavy (non-hydrogen) atoms. The highest BCUT2D eigenvalue weighted by molar-refractivity contribution is 5.72. The van der Waals surface area contributed by atoms with Crippen LogP contribution in [0.1, 0.15) is 42.9 Å². The monoisotopic (exact) mass is 447 g/mol. The largest absolute Gasteiger partial charge is 0.373 e. The van der Waals surface area contributed by atoms with Gasteiger partial charge in [-0.3, -0.25) is 9.69 Å². The highest BCUT2D eigenvalue weighted by atomic mass is 19.1. The fraction of sp³-hybridized carbons (Fsp3) is 0.346. The van der Waals surface area contributed by atoms with Crippen LogP contribution < -0.4 is 5.32 Å². The fourth-order valence-corrected chi connectivity index (χ4v) is 4.29. The molecule has 1 unspecified atom stereocenters. The third-order valence-electron chi connectivity index (χ3n) is 6.12. The first-order chi connectivity index (χ1) is 15.9. The van der Waals surface area contributed by atoms with E-state index in [0.717, 1.165) is 54.4 Å². The summed E-state index contributed by atoms with van der Waals surface area (Å²) >= 11 is 0. The fourth-order valence-electron chi connectivity index (χ4n) is 4.29. The van der Waals surface area contributed by atoms with Gasteiger partial charge in [0.1, 0.15) is 17.5 Å². The Morgan fingerprint density at radius 1 is 1.15 bits per heavy atom. The molecule has 7 heteroatoms. The van der Waals surface area contributed by atoms with Crippen LogP contribution in [0.15, 0.2) is 54.6 Å². The van der Waals surface area contributed by atoms with Crippen LogP contribution in [0.3, 0.4) is 0 Å². The lowest BCUT2D eigenvalue weighted by molar-refractivity contribution is -0.128. The number of likely N-dealkylation sites (tertiary alicyclic amines) is 1. The first kappa shape index (κ1) is 22.9. The highest BCUT2D eigenvalue weighted by Crippen LogP contribution is 2.33. The van der Waals surface area contributed by atoms with Gasteiger partial charge in [0.15, 0.2) is 0 Å². The van der Waals surface area contributed by atoms with Crippen molar-refractivity contribution in [3.8, 4) is 11.1 Å². The third-order valence-corrected chi connectivity index (χ3v) is 6.12. The summed E-state index contributed by atoms with van der Waals surface area (Å²) in [5.74, 6) is 1.31. The van der Waals surface area contributed by atoms with Gasteiger partial charge in [-0.15, -0.1) is 0 Å². The molecule has 1 atom stereocenters. The van der Waals surface area contributed by atoms with E-state index in [4.69, 9.17) is 9.97 Å². The number of halogens is 1. The van der Waals surface area contributed by atoms with E-state index in [1.165, 1.54) is 11.6 Å². The molecule has 2 heterocycles. The number of benzene rings is 2. The molecule has 1 amide bonds. The van der Waals surface area contributed by atoms with Crippen LogP contribution in [-0.2, 0) is 17.9 Å². The van der Waals surface area contributed by atoms with Crippen LogP contribution in [0.2, 0.25) is 0 Å². The van der Waals surface area contributed by atoms with Gasteiger partial charge in [-0.05, 0) is 54.3 Å². The first-order valence-corrected chi connectivity index (χ1v) is 11.3. The van der Waals surface area contributed by atoms with Gasteiger partial charge in [-0.2, -0.15) is 0 Å². The Morgan fingerprint density at radius 3 is 2.64 bits per heavy atom. The standard InChI is InChI=1S/C26H30FN5O/c1-18(33)31(3)17-23-15-25(28-2)30-26(29-23)24-11-6-12-32(24)16-19-7-4-8-20(13-19)21-9-5-10-22(27)14-21/h4-5,7-10,13-15,24H,6,11-12,16-17H2,1-3H3,(H,28,29,30). The molecule has 6 nitrogen and oxygen atoms in total. The Morgan fingerprint density at radius 2 is 1.91 bits per heavy atom. The molecule has 172 valence electrons. The van der Waals surface area contributed by atoms with Crippen molar-refractivity contribution < 1.29 is 9.18 Å². The van der Waals surface area contributed by atoms with Crippen LogP contribution in [0.4, 0.5) is 10.2 Å². The van der Waals surface area contributed by atoms with Crippen molar-refractivity contribution in [1.82, 2.24) is 19.8 Å². The first-order valence-electron chi connectivity index (χ1n) is 11.3. The van der Waals surface area contributed by atoms with Crippen LogP contribution in [0.5, 0.6) is 0 Å². The maximum atomic E-state index is 13.7. The van der Waals surface area contributed by atoms with Crippen molar-refractivity contribution in [3.05, 3.63) is 77.5 Å². The maximum Gasteiger partial charge on any atom is 0.219 e. The average molecular weight is 448 g/mol. The summed E-state index contributed by atoms with van der Waals surface area (Å²) in [7, 11) is 3.62. The summed E-state index contributed by atoms with van der Waals surface area (Å²) < 4.78 is 13.7. The molecule has 1 N–H and O–H groups in total. The Hall–Kier alpha value is -3.32. The second-order valence-electron chi connectivity index (χ2n) is 8.57. The molecule has 0 aliphatic carbocycles. The molecule has 4 rings (SSSR count). The predicted molar refractivity (Wildman–Crippen MR) is 128 cm³/mol. The summed E-state index contributed by atoms with van der Waals surface area (Å²) in [4.78, 5) is 25.3. The van der Waals surface area contributed by atoms with E-state index in [1.807, 2.05) is 31.3 Å². The minimum atomic E-state index is -0.231. The highest BCUT2D eigenvalue weighted by Gasteiger charge is 2.29. The van der Waals surface area contributed by atoms with Crippen LogP contribution in [0, 0.1) is 5.82 Å². The number of amides is 1. The zero-order valence-electron chi connectivity index (χ0n) is 19.4. The third kappa shape index (κ3) is 5.54. The molecule has 0 radical (unpaired) electrons. The number of hydrogen-bond acceptors (Lipinski definition) is 5. The van der Waals surface area contributed by atoms with Gasteiger partial charge in [0.2, 0.25) is 5.91 Å². The van der Waals surface area contributed by atoms with Crippen molar-refractivity contribution in [1.29, 1.82) is 0 Å². The van der Waals surface area contributed by atoms with Gasteiger partial charge in [-0.25, -0.2) is 14.4 Å². The predicted octanol–water partition coefficient (Wildman–Crippen LogP) is 4.64. The van der Waals surface area contributed by atoms with Crippen LogP contribution >= 0.6 is 0 Å². The van der Waals surface area contributed by atoms with E-state index in [9.17, 15) is 9.18 Å². The van der Waals surface area contributed by atoms with Crippen molar-refractivity contribution in [2.45, 2.75) is 38.9 Å². The summed E-state index contributed by atoms with van der Waals surface area (Å²) in [5.41, 5.74) is 3.87. The molecular weight excluding hydrogens is 417 g/mol. The topological polar surface area (TPSA) is 61.4 Å². The summed E-state index contributed by atoms with van der Waals surface area (Å²) in [5, 5.41) is 3.12. The van der Waals surface area contributed by atoms with Crippen molar-refractivity contribution >= 4 is 11.7 Å². The van der Waals surface area contributed by atoms with Crippen LogP contribution in [0.25, 0.3) is 11.1 Å². The second-order valence-corrected chi connectivity index (χ2v) is 8.57. The van der Waals surface area contributed by atoms with Gasteiger partial charge in [0.05, 0.1) is 18.3 Å². The molecular formula is C26H30FN5O. The average Bonchev–Trinajstić information content (AvgIpc) is 3.27. The zero-order chi connectivity index (χ0) is 23.4. The summed E-state index contributed by atoms with van der Waals surface area (Å²) in [6.45, 7) is 3.73. The van der Waals surface area contributed by atoms with E-state index in [1.54, 1.807) is 31.0 Å². The number of rotatable bonds is 7. The Balaban J connectivity index is 1.56. The van der Waals surface area contributed by atoms with Gasteiger partial charge in [-0.1, -0.05) is 30.3 Å². The number of hydrogen-bond donors (Lipinski definition) is 1. The Labute approximate surface area is 194 Å². The molecule has 3 aromatic rings. The molecule has 1 saturated heterocycles.